The maximum absolute atomic E-state index is 13.1. The summed E-state index contributed by atoms with van der Waals surface area (Å²) in [5.74, 6) is 0.136. The molecule has 116 valence electrons. The van der Waals surface area contributed by atoms with Crippen molar-refractivity contribution in [3.8, 4) is 5.88 Å². The van der Waals surface area contributed by atoms with E-state index in [-0.39, 0.29) is 17.5 Å². The third-order valence-corrected chi connectivity index (χ3v) is 4.82. The largest absolute Gasteiger partial charge is 0.474 e. The van der Waals surface area contributed by atoms with E-state index >= 15 is 0 Å². The van der Waals surface area contributed by atoms with Crippen LogP contribution in [0.3, 0.4) is 0 Å². The summed E-state index contributed by atoms with van der Waals surface area (Å²) in [5.41, 5.74) is 1.16. The lowest BCUT2D eigenvalue weighted by molar-refractivity contribution is 0.0374. The number of hydrogen-bond acceptors (Lipinski definition) is 3. The molecule has 1 saturated carbocycles. The van der Waals surface area contributed by atoms with Gasteiger partial charge in [0.15, 0.2) is 0 Å². The maximum atomic E-state index is 13.1. The first-order valence-corrected chi connectivity index (χ1v) is 7.77. The Hall–Kier alpha value is -1.23. The molecular formula is C16H22F2N2O. The molecule has 1 aliphatic carbocycles. The molecule has 21 heavy (non-hydrogen) atoms. The highest BCUT2D eigenvalue weighted by Crippen LogP contribution is 2.41. The lowest BCUT2D eigenvalue weighted by Crippen LogP contribution is -2.55. The lowest BCUT2D eigenvalue weighted by atomic mass is 9.69. The Morgan fingerprint density at radius 2 is 2.05 bits per heavy atom. The van der Waals surface area contributed by atoms with E-state index in [9.17, 15) is 8.78 Å². The molecule has 2 heterocycles. The Bertz CT molecular complexity index is 493. The van der Waals surface area contributed by atoms with Crippen molar-refractivity contribution in [2.24, 2.45) is 5.41 Å². The summed E-state index contributed by atoms with van der Waals surface area (Å²) in [7, 11) is 0. The number of alkyl halides is 2. The molecule has 0 atom stereocenters. The second-order valence-corrected chi connectivity index (χ2v) is 6.27. The van der Waals surface area contributed by atoms with Gasteiger partial charge in [-0.25, -0.2) is 13.8 Å². The van der Waals surface area contributed by atoms with Crippen LogP contribution in [0, 0.1) is 5.41 Å². The average Bonchev–Trinajstić information content (AvgIpc) is 2.46. The van der Waals surface area contributed by atoms with Crippen LogP contribution in [0.4, 0.5) is 8.78 Å². The molecule has 1 spiro atoms. The van der Waals surface area contributed by atoms with Crippen molar-refractivity contribution in [3.63, 3.8) is 0 Å². The molecule has 2 aliphatic rings. The number of nitrogens with zero attached hydrogens (tertiary/aromatic N) is 1. The van der Waals surface area contributed by atoms with E-state index in [1.54, 1.807) is 6.07 Å². The SMILES string of the molecule is CCc1ccc(C(F)F)c(OC2CCC3(CC2)CNC3)n1. The third kappa shape index (κ3) is 3.03. The smallest absolute Gasteiger partial charge is 0.269 e. The molecule has 1 aromatic rings. The summed E-state index contributed by atoms with van der Waals surface area (Å²) in [6.07, 6.45) is 2.30. The Kier molecular flexibility index (Phi) is 4.11. The Morgan fingerprint density at radius 1 is 1.33 bits per heavy atom. The summed E-state index contributed by atoms with van der Waals surface area (Å²) in [6, 6.07) is 3.11. The predicted molar refractivity (Wildman–Crippen MR) is 76.8 cm³/mol. The Morgan fingerprint density at radius 3 is 2.57 bits per heavy atom. The summed E-state index contributed by atoms with van der Waals surface area (Å²) >= 11 is 0. The summed E-state index contributed by atoms with van der Waals surface area (Å²) in [4.78, 5) is 4.26. The Balaban J connectivity index is 1.69. The van der Waals surface area contributed by atoms with Crippen LogP contribution in [0.2, 0.25) is 0 Å². The molecule has 1 N–H and O–H groups in total. The molecule has 0 aromatic carbocycles. The van der Waals surface area contributed by atoms with E-state index in [1.807, 2.05) is 6.92 Å². The zero-order chi connectivity index (χ0) is 14.9. The van der Waals surface area contributed by atoms with Gasteiger partial charge in [0.1, 0.15) is 6.10 Å². The van der Waals surface area contributed by atoms with Crippen LogP contribution in [0.5, 0.6) is 5.88 Å². The van der Waals surface area contributed by atoms with Crippen LogP contribution < -0.4 is 10.1 Å². The van der Waals surface area contributed by atoms with Gasteiger partial charge in [-0.2, -0.15) is 0 Å². The Labute approximate surface area is 124 Å². The van der Waals surface area contributed by atoms with Crippen molar-refractivity contribution >= 4 is 0 Å². The minimum absolute atomic E-state index is 0.0216. The van der Waals surface area contributed by atoms with Crippen molar-refractivity contribution in [3.05, 3.63) is 23.4 Å². The molecule has 1 aromatic heterocycles. The quantitative estimate of drug-likeness (QED) is 0.923. The lowest BCUT2D eigenvalue weighted by Gasteiger charge is -2.47. The van der Waals surface area contributed by atoms with Crippen LogP contribution in [0.25, 0.3) is 0 Å². The average molecular weight is 296 g/mol. The van der Waals surface area contributed by atoms with Gasteiger partial charge in [-0.15, -0.1) is 0 Å². The van der Waals surface area contributed by atoms with Gasteiger partial charge in [-0.3, -0.25) is 0 Å². The summed E-state index contributed by atoms with van der Waals surface area (Å²) in [5, 5.41) is 3.32. The highest BCUT2D eigenvalue weighted by Gasteiger charge is 2.40. The predicted octanol–water partition coefficient (Wildman–Crippen LogP) is 3.49. The number of halogens is 2. The van der Waals surface area contributed by atoms with Crippen molar-refractivity contribution in [1.29, 1.82) is 0 Å². The normalized spacial score (nSPS) is 21.5. The van der Waals surface area contributed by atoms with E-state index in [4.69, 9.17) is 4.74 Å². The van der Waals surface area contributed by atoms with Gasteiger partial charge in [0.05, 0.1) is 5.56 Å². The highest BCUT2D eigenvalue weighted by atomic mass is 19.3. The molecule has 0 amide bonds. The number of pyridine rings is 1. The molecular weight excluding hydrogens is 274 g/mol. The number of aromatic nitrogens is 1. The molecule has 0 radical (unpaired) electrons. The fraction of sp³-hybridized carbons (Fsp3) is 0.688. The molecule has 1 saturated heterocycles. The summed E-state index contributed by atoms with van der Waals surface area (Å²) in [6.45, 7) is 4.14. The van der Waals surface area contributed by atoms with Crippen molar-refractivity contribution in [2.75, 3.05) is 13.1 Å². The summed E-state index contributed by atoms with van der Waals surface area (Å²) < 4.78 is 32.0. The van der Waals surface area contributed by atoms with Gasteiger partial charge >= 0.3 is 0 Å². The van der Waals surface area contributed by atoms with Crippen LogP contribution in [-0.2, 0) is 6.42 Å². The van der Waals surface area contributed by atoms with E-state index in [1.165, 1.54) is 6.07 Å². The number of nitrogens with one attached hydrogen (secondary N) is 1. The van der Waals surface area contributed by atoms with E-state index in [0.29, 0.717) is 5.41 Å². The van der Waals surface area contributed by atoms with Crippen LogP contribution in [0.1, 0.15) is 50.3 Å². The van der Waals surface area contributed by atoms with Crippen LogP contribution in [0.15, 0.2) is 12.1 Å². The van der Waals surface area contributed by atoms with Crippen molar-refractivity contribution in [2.45, 2.75) is 51.6 Å². The molecule has 0 unspecified atom stereocenters. The molecule has 2 fully saturated rings. The minimum Gasteiger partial charge on any atom is -0.474 e. The van der Waals surface area contributed by atoms with Crippen molar-refractivity contribution < 1.29 is 13.5 Å². The zero-order valence-electron chi connectivity index (χ0n) is 12.4. The fourth-order valence-electron chi connectivity index (χ4n) is 3.26. The molecule has 3 nitrogen and oxygen atoms in total. The first-order valence-electron chi connectivity index (χ1n) is 7.77. The van der Waals surface area contributed by atoms with E-state index in [0.717, 1.165) is 50.9 Å². The number of ether oxygens (including phenoxy) is 1. The van der Waals surface area contributed by atoms with Gasteiger partial charge in [0.25, 0.3) is 6.43 Å². The molecule has 5 heteroatoms. The standard InChI is InChI=1S/C16H22F2N2O/c1-2-11-3-4-13(14(17)18)15(20-11)21-12-5-7-16(8-6-12)9-19-10-16/h3-4,12,14,19H,2,5-10H2,1H3. The van der Waals surface area contributed by atoms with Gasteiger partial charge in [-0.1, -0.05) is 6.92 Å². The molecule has 1 aliphatic heterocycles. The van der Waals surface area contributed by atoms with E-state index < -0.39 is 6.43 Å². The zero-order valence-corrected chi connectivity index (χ0v) is 12.4. The second-order valence-electron chi connectivity index (χ2n) is 6.27. The van der Waals surface area contributed by atoms with Crippen molar-refractivity contribution in [1.82, 2.24) is 10.3 Å². The maximum Gasteiger partial charge on any atom is 0.269 e. The third-order valence-electron chi connectivity index (χ3n) is 4.82. The number of rotatable bonds is 4. The van der Waals surface area contributed by atoms with Gasteiger partial charge in [0, 0.05) is 18.8 Å². The first-order chi connectivity index (χ1) is 10.1. The second kappa shape index (κ2) is 5.87. The molecule has 0 bridgehead atoms. The first kappa shape index (κ1) is 14.7. The number of aryl methyl sites for hydroxylation is 1. The topological polar surface area (TPSA) is 34.1 Å². The monoisotopic (exact) mass is 296 g/mol. The van der Waals surface area contributed by atoms with Gasteiger partial charge in [0.2, 0.25) is 5.88 Å². The van der Waals surface area contributed by atoms with E-state index in [2.05, 4.69) is 10.3 Å². The van der Waals surface area contributed by atoms with Gasteiger partial charge in [-0.05, 0) is 49.7 Å². The van der Waals surface area contributed by atoms with Gasteiger partial charge < -0.3 is 10.1 Å². The van der Waals surface area contributed by atoms with Crippen LogP contribution in [-0.4, -0.2) is 24.2 Å². The minimum atomic E-state index is -2.54. The highest BCUT2D eigenvalue weighted by molar-refractivity contribution is 5.29. The molecule has 3 rings (SSSR count). The number of hydrogen-bond donors (Lipinski definition) is 1. The van der Waals surface area contributed by atoms with Crippen LogP contribution >= 0.6 is 0 Å². The fourth-order valence-corrected chi connectivity index (χ4v) is 3.26.